The predicted octanol–water partition coefficient (Wildman–Crippen LogP) is 4.07. The lowest BCUT2D eigenvalue weighted by Gasteiger charge is -2.33. The molecule has 31 heavy (non-hydrogen) atoms. The number of hydrogen-bond acceptors (Lipinski definition) is 4. The van der Waals surface area contributed by atoms with Crippen LogP contribution in [0.1, 0.15) is 18.5 Å². The number of thiophene rings is 1. The topological polar surface area (TPSA) is 57.5 Å². The van der Waals surface area contributed by atoms with Gasteiger partial charge in [-0.25, -0.2) is 9.07 Å². The van der Waals surface area contributed by atoms with Gasteiger partial charge in [-0.05, 0) is 60.7 Å². The van der Waals surface area contributed by atoms with E-state index in [-0.39, 0.29) is 29.8 Å². The number of benzene rings is 1. The lowest BCUT2D eigenvalue weighted by molar-refractivity contribution is 0.463. The van der Waals surface area contributed by atoms with E-state index in [2.05, 4.69) is 43.1 Å². The number of aliphatic imine (C=N–C) groups is 1. The maximum Gasteiger partial charge on any atom is 0.191 e. The molecule has 2 aromatic heterocycles. The molecule has 0 saturated carbocycles. The summed E-state index contributed by atoms with van der Waals surface area (Å²) in [7, 11) is 1.80. The van der Waals surface area contributed by atoms with Crippen molar-refractivity contribution in [3.05, 3.63) is 65.6 Å². The highest BCUT2D eigenvalue weighted by Crippen LogP contribution is 2.24. The number of nitrogens with zero attached hydrogens (tertiary/aromatic N) is 4. The number of hydrogen-bond donors (Lipinski definition) is 2. The van der Waals surface area contributed by atoms with Crippen LogP contribution in [0.4, 0.5) is 9.39 Å². The van der Waals surface area contributed by atoms with Crippen LogP contribution in [0.25, 0.3) is 5.69 Å². The van der Waals surface area contributed by atoms with E-state index < -0.39 is 0 Å². The van der Waals surface area contributed by atoms with Crippen LogP contribution in [-0.2, 0) is 6.42 Å². The van der Waals surface area contributed by atoms with Gasteiger partial charge in [0.1, 0.15) is 5.82 Å². The van der Waals surface area contributed by atoms with Gasteiger partial charge in [-0.15, -0.1) is 35.3 Å². The van der Waals surface area contributed by atoms with Crippen LogP contribution >= 0.6 is 35.3 Å². The van der Waals surface area contributed by atoms with E-state index in [1.54, 1.807) is 35.2 Å². The summed E-state index contributed by atoms with van der Waals surface area (Å²) >= 11 is 1.80. The van der Waals surface area contributed by atoms with Crippen molar-refractivity contribution in [2.75, 3.05) is 31.6 Å². The van der Waals surface area contributed by atoms with E-state index in [1.807, 2.05) is 12.3 Å². The molecule has 6 nitrogen and oxygen atoms in total. The molecule has 1 aliphatic rings. The van der Waals surface area contributed by atoms with Crippen LogP contribution in [0.2, 0.25) is 0 Å². The minimum absolute atomic E-state index is 0. The Labute approximate surface area is 203 Å². The number of piperidine rings is 1. The zero-order valence-corrected chi connectivity index (χ0v) is 20.6. The molecule has 0 radical (unpaired) electrons. The molecule has 9 heteroatoms. The molecule has 1 fully saturated rings. The van der Waals surface area contributed by atoms with Crippen molar-refractivity contribution in [2.24, 2.45) is 4.99 Å². The average molecular weight is 554 g/mol. The van der Waals surface area contributed by atoms with Crippen molar-refractivity contribution >= 4 is 46.3 Å². The van der Waals surface area contributed by atoms with Crippen LogP contribution in [0, 0.1) is 5.82 Å². The van der Waals surface area contributed by atoms with Crippen molar-refractivity contribution in [2.45, 2.75) is 25.3 Å². The first-order chi connectivity index (χ1) is 14.7. The van der Waals surface area contributed by atoms with Crippen LogP contribution in [-0.4, -0.2) is 48.5 Å². The Morgan fingerprint density at radius 1 is 1.19 bits per heavy atom. The predicted molar refractivity (Wildman–Crippen MR) is 137 cm³/mol. The molecule has 166 valence electrons. The van der Waals surface area contributed by atoms with E-state index in [1.165, 1.54) is 17.1 Å². The van der Waals surface area contributed by atoms with Crippen LogP contribution in [0.15, 0.2) is 59.0 Å². The molecule has 3 heterocycles. The standard InChI is InChI=1S/C22H27FN6S.HI/c1-24-22(26-18-9-13-28(14-10-18)21-3-2-16-30-21)25-12-8-19-11-15-29(27-19)20-6-4-17(23)5-7-20;/h2-7,11,15-16,18H,8-10,12-14H2,1H3,(H2,24,25,26);1H. The maximum absolute atomic E-state index is 13.1. The third kappa shape index (κ3) is 6.42. The fraction of sp³-hybridized carbons (Fsp3) is 0.364. The molecule has 3 aromatic rings. The fourth-order valence-electron chi connectivity index (χ4n) is 3.62. The summed E-state index contributed by atoms with van der Waals surface area (Å²) in [6, 6.07) is 13.1. The highest BCUT2D eigenvalue weighted by Gasteiger charge is 2.20. The van der Waals surface area contributed by atoms with Gasteiger partial charge < -0.3 is 15.5 Å². The smallest absolute Gasteiger partial charge is 0.191 e. The van der Waals surface area contributed by atoms with E-state index in [9.17, 15) is 4.39 Å². The van der Waals surface area contributed by atoms with Gasteiger partial charge in [0.15, 0.2) is 5.96 Å². The lowest BCUT2D eigenvalue weighted by atomic mass is 10.1. The quantitative estimate of drug-likeness (QED) is 0.274. The minimum Gasteiger partial charge on any atom is -0.363 e. The number of nitrogens with one attached hydrogen (secondary N) is 2. The first-order valence-corrected chi connectivity index (χ1v) is 11.2. The second-order valence-corrected chi connectivity index (χ2v) is 8.26. The van der Waals surface area contributed by atoms with Gasteiger partial charge in [0.2, 0.25) is 0 Å². The van der Waals surface area contributed by atoms with Crippen molar-refractivity contribution in [1.82, 2.24) is 20.4 Å². The van der Waals surface area contributed by atoms with Gasteiger partial charge in [0, 0.05) is 45.3 Å². The molecule has 2 N–H and O–H groups in total. The van der Waals surface area contributed by atoms with E-state index >= 15 is 0 Å². The van der Waals surface area contributed by atoms with Crippen molar-refractivity contribution in [3.63, 3.8) is 0 Å². The lowest BCUT2D eigenvalue weighted by Crippen LogP contribution is -2.49. The third-order valence-corrected chi connectivity index (χ3v) is 6.22. The Hall–Kier alpha value is -2.14. The Balaban J connectivity index is 0.00000272. The number of anilines is 1. The van der Waals surface area contributed by atoms with E-state index in [0.29, 0.717) is 6.04 Å². The number of halogens is 2. The summed E-state index contributed by atoms with van der Waals surface area (Å²) in [5, 5.41) is 15.0. The summed E-state index contributed by atoms with van der Waals surface area (Å²) in [4.78, 5) is 6.82. The summed E-state index contributed by atoms with van der Waals surface area (Å²) in [5.41, 5.74) is 1.83. The maximum atomic E-state index is 13.1. The number of aromatic nitrogens is 2. The van der Waals surface area contributed by atoms with Crippen LogP contribution in [0.3, 0.4) is 0 Å². The van der Waals surface area contributed by atoms with Gasteiger partial charge in [-0.2, -0.15) is 5.10 Å². The van der Waals surface area contributed by atoms with Gasteiger partial charge in [-0.3, -0.25) is 4.99 Å². The second kappa shape index (κ2) is 11.5. The van der Waals surface area contributed by atoms with Gasteiger partial charge in [0.05, 0.1) is 16.4 Å². The molecule has 4 rings (SSSR count). The molecule has 0 bridgehead atoms. The largest absolute Gasteiger partial charge is 0.363 e. The van der Waals surface area contributed by atoms with Gasteiger partial charge in [-0.1, -0.05) is 0 Å². The zero-order chi connectivity index (χ0) is 20.8. The molecular weight excluding hydrogens is 526 g/mol. The second-order valence-electron chi connectivity index (χ2n) is 7.33. The van der Waals surface area contributed by atoms with Crippen molar-refractivity contribution < 1.29 is 4.39 Å². The van der Waals surface area contributed by atoms with Crippen LogP contribution in [0.5, 0.6) is 0 Å². The average Bonchev–Trinajstić information content (AvgIpc) is 3.47. The number of rotatable bonds is 6. The first kappa shape index (κ1) is 23.5. The minimum atomic E-state index is -0.244. The molecule has 0 aliphatic carbocycles. The highest BCUT2D eigenvalue weighted by molar-refractivity contribution is 14.0. The SMILES string of the molecule is CN=C(NCCc1ccn(-c2ccc(F)cc2)n1)NC1CCN(c2cccs2)CC1.I. The fourth-order valence-corrected chi connectivity index (χ4v) is 4.41. The summed E-state index contributed by atoms with van der Waals surface area (Å²) in [6.45, 7) is 2.88. The molecular formula is C22H28FIN6S. The monoisotopic (exact) mass is 554 g/mol. The third-order valence-electron chi connectivity index (χ3n) is 5.29. The zero-order valence-electron chi connectivity index (χ0n) is 17.5. The molecule has 0 amide bonds. The summed E-state index contributed by atoms with van der Waals surface area (Å²) in [6.07, 6.45) is 4.88. The van der Waals surface area contributed by atoms with E-state index in [4.69, 9.17) is 0 Å². The molecule has 0 atom stereocenters. The van der Waals surface area contributed by atoms with Gasteiger partial charge in [0.25, 0.3) is 0 Å². The molecule has 0 spiro atoms. The van der Waals surface area contributed by atoms with Gasteiger partial charge >= 0.3 is 0 Å². The molecule has 1 aliphatic heterocycles. The normalized spacial score (nSPS) is 14.9. The van der Waals surface area contributed by atoms with Crippen molar-refractivity contribution in [1.29, 1.82) is 0 Å². The molecule has 1 aromatic carbocycles. The Bertz CT molecular complexity index is 949. The van der Waals surface area contributed by atoms with Crippen molar-refractivity contribution in [3.8, 4) is 5.69 Å². The Morgan fingerprint density at radius 3 is 2.65 bits per heavy atom. The Morgan fingerprint density at radius 2 is 1.97 bits per heavy atom. The van der Waals surface area contributed by atoms with E-state index in [0.717, 1.165) is 56.2 Å². The first-order valence-electron chi connectivity index (χ1n) is 10.3. The number of guanidine groups is 1. The highest BCUT2D eigenvalue weighted by atomic mass is 127. The Kier molecular flexibility index (Phi) is 8.70. The molecule has 1 saturated heterocycles. The van der Waals surface area contributed by atoms with Crippen LogP contribution < -0.4 is 15.5 Å². The summed E-state index contributed by atoms with van der Waals surface area (Å²) in [5.74, 6) is 0.592. The molecule has 0 unspecified atom stereocenters. The summed E-state index contributed by atoms with van der Waals surface area (Å²) < 4.78 is 14.8.